The van der Waals surface area contributed by atoms with Crippen LogP contribution in [0.25, 0.3) is 6.08 Å². The maximum Gasteiger partial charge on any atom is 0.189 e. The number of hydrogen-bond donors (Lipinski definition) is 0. The molecule has 2 aromatic heterocycles. The number of aryl methyl sites for hydroxylation is 2. The molecule has 1 aromatic carbocycles. The number of carbonyl (C=O) groups excluding carboxylic acids is 1. The molecular formula is C22H25ClN4O2. The van der Waals surface area contributed by atoms with Crippen LogP contribution in [0.15, 0.2) is 30.5 Å². The number of carbonyl (C=O) groups is 1. The van der Waals surface area contributed by atoms with E-state index in [1.165, 1.54) is 0 Å². The number of benzene rings is 1. The van der Waals surface area contributed by atoms with E-state index in [4.69, 9.17) is 16.3 Å². The fourth-order valence-electron chi connectivity index (χ4n) is 3.29. The third-order valence-electron chi connectivity index (χ3n) is 5.01. The smallest absolute Gasteiger partial charge is 0.189 e. The van der Waals surface area contributed by atoms with Crippen molar-refractivity contribution in [1.82, 2.24) is 19.6 Å². The van der Waals surface area contributed by atoms with Gasteiger partial charge in [0.1, 0.15) is 5.75 Å². The molecular weight excluding hydrogens is 388 g/mol. The Hall–Kier alpha value is -2.86. The van der Waals surface area contributed by atoms with Crippen molar-refractivity contribution >= 4 is 23.5 Å². The van der Waals surface area contributed by atoms with Gasteiger partial charge in [0, 0.05) is 17.8 Å². The van der Waals surface area contributed by atoms with Crippen molar-refractivity contribution in [1.29, 1.82) is 0 Å². The normalized spacial score (nSPS) is 11.4. The first kappa shape index (κ1) is 20.9. The molecule has 0 radical (unpaired) electrons. The van der Waals surface area contributed by atoms with Crippen molar-refractivity contribution in [2.45, 2.75) is 40.8 Å². The summed E-state index contributed by atoms with van der Waals surface area (Å²) in [5, 5.41) is 9.40. The van der Waals surface area contributed by atoms with E-state index in [-0.39, 0.29) is 5.78 Å². The van der Waals surface area contributed by atoms with Crippen LogP contribution in [0.1, 0.15) is 45.5 Å². The standard InChI is InChI=1S/C22H25ClN4O2/c1-6-26-15(3)19(12-24-26)20(28)9-7-17-8-10-21(29-5)18(11-17)13-27-16(4)22(23)14(2)25-27/h7-12H,6,13H2,1-5H3/b9-7+. The number of methoxy groups -OCH3 is 1. The zero-order chi connectivity index (χ0) is 21.1. The second kappa shape index (κ2) is 8.66. The second-order valence-corrected chi connectivity index (χ2v) is 7.25. The van der Waals surface area contributed by atoms with Crippen molar-refractivity contribution in [2.24, 2.45) is 0 Å². The van der Waals surface area contributed by atoms with Crippen LogP contribution in [0, 0.1) is 20.8 Å². The van der Waals surface area contributed by atoms with Crippen molar-refractivity contribution in [3.63, 3.8) is 0 Å². The van der Waals surface area contributed by atoms with Crippen molar-refractivity contribution in [3.8, 4) is 5.75 Å². The second-order valence-electron chi connectivity index (χ2n) is 6.87. The summed E-state index contributed by atoms with van der Waals surface area (Å²) in [4.78, 5) is 12.6. The van der Waals surface area contributed by atoms with E-state index in [0.717, 1.165) is 40.5 Å². The van der Waals surface area contributed by atoms with E-state index < -0.39 is 0 Å². The van der Waals surface area contributed by atoms with Crippen LogP contribution in [0.3, 0.4) is 0 Å². The first-order valence-corrected chi connectivity index (χ1v) is 9.84. The molecule has 0 unspecified atom stereocenters. The number of aromatic nitrogens is 4. The number of rotatable bonds is 7. The average Bonchev–Trinajstić information content (AvgIpc) is 3.21. The minimum atomic E-state index is -0.0649. The molecule has 0 amide bonds. The van der Waals surface area contributed by atoms with E-state index in [1.807, 2.05) is 61.3 Å². The lowest BCUT2D eigenvalue weighted by Crippen LogP contribution is -2.06. The van der Waals surface area contributed by atoms with E-state index in [1.54, 1.807) is 19.4 Å². The highest BCUT2D eigenvalue weighted by Gasteiger charge is 2.13. The molecule has 3 aromatic rings. The summed E-state index contributed by atoms with van der Waals surface area (Å²) in [6.45, 7) is 9.00. The summed E-state index contributed by atoms with van der Waals surface area (Å²) < 4.78 is 9.17. The summed E-state index contributed by atoms with van der Waals surface area (Å²) in [5.74, 6) is 0.696. The third-order valence-corrected chi connectivity index (χ3v) is 5.56. The number of halogens is 1. The van der Waals surface area contributed by atoms with Gasteiger partial charge in [-0.2, -0.15) is 10.2 Å². The summed E-state index contributed by atoms with van der Waals surface area (Å²) in [6, 6.07) is 5.81. The molecule has 0 aliphatic heterocycles. The van der Waals surface area contributed by atoms with Crippen molar-refractivity contribution in [2.75, 3.05) is 7.11 Å². The van der Waals surface area contributed by atoms with E-state index >= 15 is 0 Å². The molecule has 0 N–H and O–H groups in total. The lowest BCUT2D eigenvalue weighted by atomic mass is 10.1. The summed E-state index contributed by atoms with van der Waals surface area (Å²) >= 11 is 6.27. The Labute approximate surface area is 175 Å². The minimum absolute atomic E-state index is 0.0649. The monoisotopic (exact) mass is 412 g/mol. The van der Waals surface area contributed by atoms with Gasteiger partial charge in [0.15, 0.2) is 5.78 Å². The largest absolute Gasteiger partial charge is 0.496 e. The molecule has 7 heteroatoms. The van der Waals surface area contributed by atoms with Crippen LogP contribution >= 0.6 is 11.6 Å². The Morgan fingerprint density at radius 2 is 1.97 bits per heavy atom. The van der Waals surface area contributed by atoms with E-state index in [0.29, 0.717) is 17.1 Å². The van der Waals surface area contributed by atoms with Crippen LogP contribution in [0.4, 0.5) is 0 Å². The third kappa shape index (κ3) is 4.27. The van der Waals surface area contributed by atoms with Crippen LogP contribution in [0.2, 0.25) is 5.02 Å². The van der Waals surface area contributed by atoms with Crippen LogP contribution in [-0.4, -0.2) is 32.5 Å². The molecule has 0 aliphatic carbocycles. The zero-order valence-electron chi connectivity index (χ0n) is 17.4. The predicted octanol–water partition coefficient (Wildman–Crippen LogP) is 4.63. The lowest BCUT2D eigenvalue weighted by molar-refractivity contribution is 0.104. The molecule has 0 atom stereocenters. The van der Waals surface area contributed by atoms with Gasteiger partial charge in [-0.1, -0.05) is 23.7 Å². The Bertz CT molecular complexity index is 1080. The van der Waals surface area contributed by atoms with Gasteiger partial charge in [-0.05, 0) is 51.5 Å². The number of allylic oxidation sites excluding steroid dienone is 1. The zero-order valence-corrected chi connectivity index (χ0v) is 18.1. The van der Waals surface area contributed by atoms with Gasteiger partial charge in [-0.3, -0.25) is 14.2 Å². The summed E-state index contributed by atoms with van der Waals surface area (Å²) in [7, 11) is 1.64. The van der Waals surface area contributed by atoms with Crippen molar-refractivity contribution in [3.05, 3.63) is 69.3 Å². The molecule has 3 rings (SSSR count). The van der Waals surface area contributed by atoms with Gasteiger partial charge in [0.2, 0.25) is 0 Å². The Morgan fingerprint density at radius 3 is 2.55 bits per heavy atom. The fourth-order valence-corrected chi connectivity index (χ4v) is 3.42. The first-order valence-electron chi connectivity index (χ1n) is 9.47. The summed E-state index contributed by atoms with van der Waals surface area (Å²) in [5.41, 5.74) is 5.06. The maximum atomic E-state index is 12.6. The van der Waals surface area contributed by atoms with E-state index in [9.17, 15) is 4.79 Å². The average molecular weight is 413 g/mol. The first-order chi connectivity index (χ1) is 13.8. The highest BCUT2D eigenvalue weighted by Crippen LogP contribution is 2.25. The van der Waals surface area contributed by atoms with Gasteiger partial charge < -0.3 is 4.74 Å². The number of nitrogens with zero attached hydrogens (tertiary/aromatic N) is 4. The fraction of sp³-hybridized carbons (Fsp3) is 0.318. The quantitative estimate of drug-likeness (QED) is 0.419. The highest BCUT2D eigenvalue weighted by atomic mass is 35.5. The molecule has 0 spiro atoms. The minimum Gasteiger partial charge on any atom is -0.496 e. The molecule has 0 aliphatic rings. The van der Waals surface area contributed by atoms with Gasteiger partial charge in [0.25, 0.3) is 0 Å². The molecule has 0 saturated carbocycles. The molecule has 29 heavy (non-hydrogen) atoms. The Balaban J connectivity index is 1.86. The maximum absolute atomic E-state index is 12.6. The number of ether oxygens (including phenoxy) is 1. The lowest BCUT2D eigenvalue weighted by Gasteiger charge is -2.11. The predicted molar refractivity (Wildman–Crippen MR) is 115 cm³/mol. The van der Waals surface area contributed by atoms with Gasteiger partial charge in [-0.15, -0.1) is 0 Å². The van der Waals surface area contributed by atoms with E-state index in [2.05, 4.69) is 10.2 Å². The SMILES string of the molecule is CCn1ncc(C(=O)/C=C/c2ccc(OC)c(Cn3nc(C)c(Cl)c3C)c2)c1C. The molecule has 152 valence electrons. The molecule has 0 bridgehead atoms. The molecule has 6 nitrogen and oxygen atoms in total. The topological polar surface area (TPSA) is 61.9 Å². The van der Waals surface area contributed by atoms with Crippen LogP contribution in [0.5, 0.6) is 5.75 Å². The Morgan fingerprint density at radius 1 is 1.21 bits per heavy atom. The van der Waals surface area contributed by atoms with Gasteiger partial charge in [-0.25, -0.2) is 0 Å². The molecule has 0 fully saturated rings. The molecule has 0 saturated heterocycles. The van der Waals surface area contributed by atoms with Crippen LogP contribution in [-0.2, 0) is 13.1 Å². The van der Waals surface area contributed by atoms with Gasteiger partial charge >= 0.3 is 0 Å². The van der Waals surface area contributed by atoms with Crippen molar-refractivity contribution < 1.29 is 9.53 Å². The number of hydrogen-bond acceptors (Lipinski definition) is 4. The summed E-state index contributed by atoms with van der Waals surface area (Å²) in [6.07, 6.45) is 5.01. The van der Waals surface area contributed by atoms with Gasteiger partial charge in [0.05, 0.1) is 41.8 Å². The highest BCUT2D eigenvalue weighted by molar-refractivity contribution is 6.31. The molecule has 2 heterocycles. The Kier molecular flexibility index (Phi) is 6.23. The number of ketones is 1. The van der Waals surface area contributed by atoms with Crippen LogP contribution < -0.4 is 4.74 Å².